The maximum atomic E-state index is 11.8. The highest BCUT2D eigenvalue weighted by Crippen LogP contribution is 2.36. The molecule has 1 aromatic rings. The monoisotopic (exact) mass is 257 g/mol. The van der Waals surface area contributed by atoms with Crippen LogP contribution in [0.2, 0.25) is 0 Å². The molecule has 0 heterocycles. The van der Waals surface area contributed by atoms with Crippen molar-refractivity contribution >= 4 is 5.78 Å². The van der Waals surface area contributed by atoms with Crippen molar-refractivity contribution in [2.75, 3.05) is 0 Å². The van der Waals surface area contributed by atoms with Crippen LogP contribution in [0, 0.1) is 17.2 Å². The van der Waals surface area contributed by atoms with Crippen LogP contribution < -0.4 is 0 Å². The Balaban J connectivity index is 2.96. The normalized spacial score (nSPS) is 13.8. The van der Waals surface area contributed by atoms with E-state index in [9.17, 15) is 10.1 Å². The molecule has 0 aliphatic heterocycles. The predicted octanol–water partition coefficient (Wildman–Crippen LogP) is 4.25. The van der Waals surface area contributed by atoms with Gasteiger partial charge in [0.05, 0.1) is 11.5 Å². The second-order valence-corrected chi connectivity index (χ2v) is 5.39. The van der Waals surface area contributed by atoms with Crippen molar-refractivity contribution in [1.29, 1.82) is 5.26 Å². The van der Waals surface area contributed by atoms with Gasteiger partial charge < -0.3 is 0 Å². The first-order chi connectivity index (χ1) is 9.06. The first-order valence-corrected chi connectivity index (χ1v) is 7.05. The molecule has 0 amide bonds. The average Bonchev–Trinajstić information content (AvgIpc) is 2.41. The fourth-order valence-corrected chi connectivity index (χ4v) is 2.49. The number of carbonyl (C=O) groups excluding carboxylic acids is 1. The molecule has 0 spiro atoms. The molecule has 0 aliphatic rings. The molecular weight excluding hydrogens is 234 g/mol. The van der Waals surface area contributed by atoms with Crippen LogP contribution in [-0.4, -0.2) is 5.78 Å². The second-order valence-electron chi connectivity index (χ2n) is 5.39. The third kappa shape index (κ3) is 3.67. The Morgan fingerprint density at radius 2 is 1.89 bits per heavy atom. The fourth-order valence-electron chi connectivity index (χ4n) is 2.49. The molecule has 0 aromatic heterocycles. The maximum Gasteiger partial charge on any atom is 0.132 e. The Labute approximate surface area is 116 Å². The summed E-state index contributed by atoms with van der Waals surface area (Å²) >= 11 is 0. The Morgan fingerprint density at radius 1 is 1.26 bits per heavy atom. The number of Topliss-reactive ketones (excluding diaryl/α,β-unsaturated/α-hetero) is 1. The standard InChI is InChI=1S/C17H23NO/c1-4-8-16(19)11-12-17(13-18,14(2)3)15-9-6-5-7-10-15/h5-7,9-10,14H,4,8,11-12H2,1-3H3. The largest absolute Gasteiger partial charge is 0.300 e. The molecule has 0 N–H and O–H groups in total. The summed E-state index contributed by atoms with van der Waals surface area (Å²) in [6.07, 6.45) is 2.61. The van der Waals surface area contributed by atoms with Gasteiger partial charge in [-0.05, 0) is 24.3 Å². The van der Waals surface area contributed by atoms with Crippen LogP contribution in [0.15, 0.2) is 30.3 Å². The number of benzene rings is 1. The van der Waals surface area contributed by atoms with Gasteiger partial charge in [0.25, 0.3) is 0 Å². The van der Waals surface area contributed by atoms with Crippen LogP contribution >= 0.6 is 0 Å². The van der Waals surface area contributed by atoms with E-state index in [0.717, 1.165) is 12.0 Å². The van der Waals surface area contributed by atoms with Crippen LogP contribution in [0.5, 0.6) is 0 Å². The van der Waals surface area contributed by atoms with Crippen LogP contribution in [0.4, 0.5) is 0 Å². The highest BCUT2D eigenvalue weighted by molar-refractivity contribution is 5.78. The zero-order valence-electron chi connectivity index (χ0n) is 12.1. The van der Waals surface area contributed by atoms with Crippen molar-refractivity contribution in [3.8, 4) is 6.07 Å². The van der Waals surface area contributed by atoms with Crippen molar-refractivity contribution in [1.82, 2.24) is 0 Å². The fraction of sp³-hybridized carbons (Fsp3) is 0.529. The SMILES string of the molecule is CCCC(=O)CCC(C#N)(c1ccccc1)C(C)C. The summed E-state index contributed by atoms with van der Waals surface area (Å²) in [7, 11) is 0. The average molecular weight is 257 g/mol. The molecule has 1 aromatic carbocycles. The van der Waals surface area contributed by atoms with Gasteiger partial charge in [0.15, 0.2) is 0 Å². The lowest BCUT2D eigenvalue weighted by Gasteiger charge is -2.31. The van der Waals surface area contributed by atoms with Gasteiger partial charge in [-0.3, -0.25) is 4.79 Å². The third-order valence-corrected chi connectivity index (χ3v) is 3.80. The zero-order chi connectivity index (χ0) is 14.3. The first kappa shape index (κ1) is 15.4. The minimum atomic E-state index is -0.551. The van der Waals surface area contributed by atoms with Gasteiger partial charge in [0.1, 0.15) is 5.78 Å². The summed E-state index contributed by atoms with van der Waals surface area (Å²) in [6, 6.07) is 12.3. The molecule has 0 bridgehead atoms. The number of nitriles is 1. The molecule has 19 heavy (non-hydrogen) atoms. The molecule has 1 unspecified atom stereocenters. The van der Waals surface area contributed by atoms with Crippen molar-refractivity contribution in [3.63, 3.8) is 0 Å². The van der Waals surface area contributed by atoms with E-state index in [-0.39, 0.29) is 11.7 Å². The lowest BCUT2D eigenvalue weighted by atomic mass is 9.69. The van der Waals surface area contributed by atoms with Gasteiger partial charge in [0.2, 0.25) is 0 Å². The molecule has 0 aliphatic carbocycles. The summed E-state index contributed by atoms with van der Waals surface area (Å²) in [5.74, 6) is 0.452. The minimum absolute atomic E-state index is 0.189. The predicted molar refractivity (Wildman–Crippen MR) is 77.7 cm³/mol. The second kappa shape index (κ2) is 7.09. The molecule has 0 saturated carbocycles. The highest BCUT2D eigenvalue weighted by atomic mass is 16.1. The van der Waals surface area contributed by atoms with Crippen LogP contribution in [0.3, 0.4) is 0 Å². The van der Waals surface area contributed by atoms with Gasteiger partial charge in [0, 0.05) is 12.8 Å². The molecule has 0 fully saturated rings. The van der Waals surface area contributed by atoms with Gasteiger partial charge >= 0.3 is 0 Å². The molecule has 2 nitrogen and oxygen atoms in total. The van der Waals surface area contributed by atoms with E-state index in [1.54, 1.807) is 0 Å². The van der Waals surface area contributed by atoms with Crippen molar-refractivity contribution in [2.45, 2.75) is 51.9 Å². The van der Waals surface area contributed by atoms with Crippen molar-refractivity contribution < 1.29 is 4.79 Å². The van der Waals surface area contributed by atoms with E-state index >= 15 is 0 Å². The quantitative estimate of drug-likeness (QED) is 0.732. The maximum absolute atomic E-state index is 11.8. The highest BCUT2D eigenvalue weighted by Gasteiger charge is 2.35. The first-order valence-electron chi connectivity index (χ1n) is 7.05. The molecular formula is C17H23NO. The van der Waals surface area contributed by atoms with Crippen LogP contribution in [0.25, 0.3) is 0 Å². The number of carbonyl (C=O) groups is 1. The van der Waals surface area contributed by atoms with Gasteiger partial charge in [-0.1, -0.05) is 51.1 Å². The Bertz CT molecular complexity index is 444. The van der Waals surface area contributed by atoms with Gasteiger partial charge in [-0.15, -0.1) is 0 Å². The third-order valence-electron chi connectivity index (χ3n) is 3.80. The van der Waals surface area contributed by atoms with Crippen LogP contribution in [-0.2, 0) is 10.2 Å². The summed E-state index contributed by atoms with van der Waals surface area (Å²) in [5, 5.41) is 9.68. The Hall–Kier alpha value is -1.62. The molecule has 1 atom stereocenters. The number of ketones is 1. The number of hydrogen-bond donors (Lipinski definition) is 0. The lowest BCUT2D eigenvalue weighted by Crippen LogP contribution is -2.31. The number of hydrogen-bond acceptors (Lipinski definition) is 2. The molecule has 0 saturated heterocycles. The molecule has 0 radical (unpaired) electrons. The van der Waals surface area contributed by atoms with Crippen molar-refractivity contribution in [2.24, 2.45) is 5.92 Å². The number of rotatable bonds is 7. The Kier molecular flexibility index (Phi) is 5.76. The van der Waals surface area contributed by atoms with E-state index in [1.807, 2.05) is 37.3 Å². The van der Waals surface area contributed by atoms with Crippen molar-refractivity contribution in [3.05, 3.63) is 35.9 Å². The molecule has 1 rings (SSSR count). The van der Waals surface area contributed by atoms with E-state index in [1.165, 1.54) is 0 Å². The van der Waals surface area contributed by atoms with Gasteiger partial charge in [-0.2, -0.15) is 5.26 Å². The lowest BCUT2D eigenvalue weighted by molar-refractivity contribution is -0.119. The van der Waals surface area contributed by atoms with E-state index < -0.39 is 5.41 Å². The van der Waals surface area contributed by atoms with E-state index in [4.69, 9.17) is 0 Å². The topological polar surface area (TPSA) is 40.9 Å². The Morgan fingerprint density at radius 3 is 2.37 bits per heavy atom. The summed E-state index contributed by atoms with van der Waals surface area (Å²) in [4.78, 5) is 11.8. The minimum Gasteiger partial charge on any atom is -0.300 e. The summed E-state index contributed by atoms with van der Waals surface area (Å²) in [6.45, 7) is 6.12. The summed E-state index contributed by atoms with van der Waals surface area (Å²) in [5.41, 5.74) is 0.474. The van der Waals surface area contributed by atoms with Gasteiger partial charge in [-0.25, -0.2) is 0 Å². The number of nitrogens with zero attached hydrogens (tertiary/aromatic N) is 1. The zero-order valence-corrected chi connectivity index (χ0v) is 12.1. The van der Waals surface area contributed by atoms with Crippen LogP contribution in [0.1, 0.15) is 52.0 Å². The molecule has 102 valence electrons. The van der Waals surface area contributed by atoms with E-state index in [2.05, 4.69) is 19.9 Å². The summed E-state index contributed by atoms with van der Waals surface area (Å²) < 4.78 is 0. The molecule has 2 heteroatoms. The smallest absolute Gasteiger partial charge is 0.132 e. The van der Waals surface area contributed by atoms with E-state index in [0.29, 0.717) is 19.3 Å².